The highest BCUT2D eigenvalue weighted by atomic mass is 32.1. The Bertz CT molecular complexity index is 841. The van der Waals surface area contributed by atoms with Gasteiger partial charge in [-0.2, -0.15) is 0 Å². The van der Waals surface area contributed by atoms with Gasteiger partial charge >= 0.3 is 5.97 Å². The molecule has 1 aliphatic rings. The van der Waals surface area contributed by atoms with Gasteiger partial charge in [0.1, 0.15) is 5.00 Å². The maximum atomic E-state index is 13.0. The number of benzene rings is 1. The number of hydrogen-bond donors (Lipinski definition) is 1. The summed E-state index contributed by atoms with van der Waals surface area (Å²) < 4.78 is 5.14. The third-order valence-corrected chi connectivity index (χ3v) is 5.60. The number of fused-ring (bicyclic) bond motifs is 1. The highest BCUT2D eigenvalue weighted by molar-refractivity contribution is 7.18. The molecule has 3 rings (SSSR count). The summed E-state index contributed by atoms with van der Waals surface area (Å²) in [5.74, 6) is -0.823. The Morgan fingerprint density at radius 2 is 2.00 bits per heavy atom. The molecule has 0 saturated heterocycles. The number of ether oxygens (including phenoxy) is 1. The zero-order valence-electron chi connectivity index (χ0n) is 14.8. The molecule has 0 radical (unpaired) electrons. The molecular formula is C20H21NO4S. The monoisotopic (exact) mass is 371 g/mol. The molecule has 1 atom stereocenters. The quantitative estimate of drug-likeness (QED) is 0.810. The van der Waals surface area contributed by atoms with Gasteiger partial charge in [-0.05, 0) is 37.3 Å². The van der Waals surface area contributed by atoms with Crippen molar-refractivity contribution in [2.75, 3.05) is 11.9 Å². The lowest BCUT2D eigenvalue weighted by Crippen LogP contribution is -2.24. The van der Waals surface area contributed by atoms with Crippen molar-refractivity contribution in [3.8, 4) is 0 Å². The SMILES string of the molecule is CCOC(=O)c1c(NC(C)=O)sc2c1CCC(Cc1ccccc1)C2=O. The van der Waals surface area contributed by atoms with Gasteiger partial charge in [-0.3, -0.25) is 9.59 Å². The van der Waals surface area contributed by atoms with Crippen LogP contribution in [0.5, 0.6) is 0 Å². The van der Waals surface area contributed by atoms with Crippen LogP contribution in [0.2, 0.25) is 0 Å². The lowest BCUT2D eigenvalue weighted by molar-refractivity contribution is -0.114. The molecule has 5 nitrogen and oxygen atoms in total. The van der Waals surface area contributed by atoms with Crippen LogP contribution in [0.4, 0.5) is 5.00 Å². The topological polar surface area (TPSA) is 72.5 Å². The first-order valence-electron chi connectivity index (χ1n) is 8.69. The number of ketones is 1. The first-order valence-corrected chi connectivity index (χ1v) is 9.51. The van der Waals surface area contributed by atoms with Gasteiger partial charge in [0.15, 0.2) is 5.78 Å². The van der Waals surface area contributed by atoms with E-state index in [1.807, 2.05) is 30.3 Å². The first-order chi connectivity index (χ1) is 12.5. The molecule has 1 unspecified atom stereocenters. The summed E-state index contributed by atoms with van der Waals surface area (Å²) in [6, 6.07) is 9.92. The average molecular weight is 371 g/mol. The van der Waals surface area contributed by atoms with Gasteiger partial charge in [0.25, 0.3) is 0 Å². The number of carbonyl (C=O) groups excluding carboxylic acids is 3. The molecule has 136 valence electrons. The second kappa shape index (κ2) is 7.83. The van der Waals surface area contributed by atoms with Crippen molar-refractivity contribution in [2.45, 2.75) is 33.1 Å². The number of hydrogen-bond acceptors (Lipinski definition) is 5. The van der Waals surface area contributed by atoms with Crippen LogP contribution in [0, 0.1) is 5.92 Å². The third-order valence-electron chi connectivity index (χ3n) is 4.44. The molecule has 6 heteroatoms. The van der Waals surface area contributed by atoms with Gasteiger partial charge in [0, 0.05) is 12.8 Å². The largest absolute Gasteiger partial charge is 0.462 e. The summed E-state index contributed by atoms with van der Waals surface area (Å²) in [7, 11) is 0. The fraction of sp³-hybridized carbons (Fsp3) is 0.350. The molecular weight excluding hydrogens is 350 g/mol. The van der Waals surface area contributed by atoms with Crippen molar-refractivity contribution < 1.29 is 19.1 Å². The zero-order chi connectivity index (χ0) is 18.7. The zero-order valence-corrected chi connectivity index (χ0v) is 15.7. The van der Waals surface area contributed by atoms with E-state index < -0.39 is 5.97 Å². The van der Waals surface area contributed by atoms with Crippen molar-refractivity contribution in [3.05, 3.63) is 51.9 Å². The van der Waals surface area contributed by atoms with Crippen LogP contribution in [0.15, 0.2) is 30.3 Å². The van der Waals surface area contributed by atoms with Crippen LogP contribution in [-0.2, 0) is 22.4 Å². The standard InChI is InChI=1S/C20H21NO4S/c1-3-25-20(24)16-15-10-9-14(11-13-7-5-4-6-8-13)17(23)18(15)26-19(16)21-12(2)22/h4-8,14H,3,9-11H2,1-2H3,(H,21,22). The second-order valence-electron chi connectivity index (χ2n) is 6.31. The predicted molar refractivity (Wildman–Crippen MR) is 101 cm³/mol. The minimum absolute atomic E-state index is 0.0438. The maximum Gasteiger partial charge on any atom is 0.341 e. The van der Waals surface area contributed by atoms with Crippen molar-refractivity contribution >= 4 is 34.0 Å². The Labute approximate surface area is 156 Å². The van der Waals surface area contributed by atoms with Gasteiger partial charge < -0.3 is 10.1 Å². The van der Waals surface area contributed by atoms with Gasteiger partial charge in [-0.15, -0.1) is 11.3 Å². The van der Waals surface area contributed by atoms with E-state index in [2.05, 4.69) is 5.32 Å². The number of esters is 1. The van der Waals surface area contributed by atoms with Crippen LogP contribution >= 0.6 is 11.3 Å². The minimum Gasteiger partial charge on any atom is -0.462 e. The Balaban J connectivity index is 1.93. The molecule has 26 heavy (non-hydrogen) atoms. The Kier molecular flexibility index (Phi) is 5.52. The smallest absolute Gasteiger partial charge is 0.341 e. The maximum absolute atomic E-state index is 13.0. The number of Topliss-reactive ketones (excluding diaryl/α,β-unsaturated/α-hetero) is 1. The summed E-state index contributed by atoms with van der Waals surface area (Å²) >= 11 is 1.18. The molecule has 1 amide bonds. The van der Waals surface area contributed by atoms with E-state index in [1.165, 1.54) is 18.3 Å². The molecule has 1 N–H and O–H groups in total. The highest BCUT2D eigenvalue weighted by Crippen LogP contribution is 2.40. The van der Waals surface area contributed by atoms with Crippen LogP contribution in [-0.4, -0.2) is 24.3 Å². The summed E-state index contributed by atoms with van der Waals surface area (Å²) in [4.78, 5) is 37.5. The lowest BCUT2D eigenvalue weighted by Gasteiger charge is -2.21. The molecule has 1 aromatic carbocycles. The summed E-state index contributed by atoms with van der Waals surface area (Å²) in [6.45, 7) is 3.36. The number of anilines is 1. The lowest BCUT2D eigenvalue weighted by atomic mass is 9.82. The van der Waals surface area contributed by atoms with Gasteiger partial charge in [-0.1, -0.05) is 30.3 Å². The normalized spacial score (nSPS) is 16.1. The van der Waals surface area contributed by atoms with E-state index in [9.17, 15) is 14.4 Å². The number of nitrogens with one attached hydrogen (secondary N) is 1. The minimum atomic E-state index is -0.483. The van der Waals surface area contributed by atoms with Crippen LogP contribution in [0.1, 0.15) is 51.4 Å². The second-order valence-corrected chi connectivity index (χ2v) is 7.33. The van der Waals surface area contributed by atoms with E-state index in [4.69, 9.17) is 4.74 Å². The molecule has 0 bridgehead atoms. The predicted octanol–water partition coefficient (Wildman–Crippen LogP) is 3.87. The summed E-state index contributed by atoms with van der Waals surface area (Å²) in [6.07, 6.45) is 1.99. The Morgan fingerprint density at radius 3 is 2.65 bits per heavy atom. The van der Waals surface area contributed by atoms with E-state index >= 15 is 0 Å². The molecule has 1 aromatic heterocycles. The molecule has 2 aromatic rings. The summed E-state index contributed by atoms with van der Waals surface area (Å²) in [5.41, 5.74) is 2.18. The van der Waals surface area contributed by atoms with E-state index in [1.54, 1.807) is 6.92 Å². The van der Waals surface area contributed by atoms with E-state index in [-0.39, 0.29) is 24.2 Å². The molecule has 0 fully saturated rings. The van der Waals surface area contributed by atoms with Crippen LogP contribution in [0.3, 0.4) is 0 Å². The van der Waals surface area contributed by atoms with Crippen molar-refractivity contribution in [1.29, 1.82) is 0 Å². The number of carbonyl (C=O) groups is 3. The van der Waals surface area contributed by atoms with Crippen molar-refractivity contribution in [2.24, 2.45) is 5.92 Å². The first kappa shape index (κ1) is 18.3. The van der Waals surface area contributed by atoms with Crippen molar-refractivity contribution in [3.63, 3.8) is 0 Å². The molecule has 1 aliphatic carbocycles. The van der Waals surface area contributed by atoms with Crippen LogP contribution in [0.25, 0.3) is 0 Å². The third kappa shape index (κ3) is 3.70. The Morgan fingerprint density at radius 1 is 1.27 bits per heavy atom. The number of rotatable bonds is 5. The fourth-order valence-electron chi connectivity index (χ4n) is 3.30. The average Bonchev–Trinajstić information content (AvgIpc) is 2.97. The Hall–Kier alpha value is -2.47. The van der Waals surface area contributed by atoms with E-state index in [0.717, 1.165) is 5.56 Å². The van der Waals surface area contributed by atoms with Gasteiger partial charge in [0.05, 0.1) is 17.0 Å². The van der Waals surface area contributed by atoms with E-state index in [0.29, 0.717) is 40.3 Å². The molecule has 0 aliphatic heterocycles. The van der Waals surface area contributed by atoms with Crippen LogP contribution < -0.4 is 5.32 Å². The van der Waals surface area contributed by atoms with Gasteiger partial charge in [0.2, 0.25) is 5.91 Å². The molecule has 0 saturated carbocycles. The number of amides is 1. The summed E-state index contributed by atoms with van der Waals surface area (Å²) in [5, 5.41) is 3.09. The molecule has 1 heterocycles. The number of thiophene rings is 1. The van der Waals surface area contributed by atoms with Crippen molar-refractivity contribution in [1.82, 2.24) is 0 Å². The fourth-order valence-corrected chi connectivity index (χ4v) is 4.60. The van der Waals surface area contributed by atoms with Gasteiger partial charge in [-0.25, -0.2) is 4.79 Å². The highest BCUT2D eigenvalue weighted by Gasteiger charge is 2.35. The molecule has 0 spiro atoms.